The average Bonchev–Trinajstić information content (AvgIpc) is 2.99. The first-order valence-electron chi connectivity index (χ1n) is 8.78. The summed E-state index contributed by atoms with van der Waals surface area (Å²) in [6.45, 7) is 2.76. The van der Waals surface area contributed by atoms with E-state index in [1.807, 2.05) is 38.2 Å². The summed E-state index contributed by atoms with van der Waals surface area (Å²) in [5.41, 5.74) is 4.41. The standard InChI is InChI=1S/C21H22N2O2S/c1-16-7-3-6-10-21(16)26(24,25)23-13-11-17(12-14-23)19-15-22(2)20-9-5-4-8-18(19)20/h3-11,15H,12-14H2,1-2H3. The maximum atomic E-state index is 13.0. The Morgan fingerprint density at radius 1 is 1.00 bits per heavy atom. The number of aryl methyl sites for hydroxylation is 2. The molecule has 1 aromatic heterocycles. The molecule has 0 spiro atoms. The fourth-order valence-electron chi connectivity index (χ4n) is 3.70. The van der Waals surface area contributed by atoms with Crippen molar-refractivity contribution < 1.29 is 8.42 Å². The second-order valence-corrected chi connectivity index (χ2v) is 8.69. The summed E-state index contributed by atoms with van der Waals surface area (Å²) in [6.07, 6.45) is 4.92. The van der Waals surface area contributed by atoms with Gasteiger partial charge in [0.25, 0.3) is 0 Å². The summed E-state index contributed by atoms with van der Waals surface area (Å²) in [6, 6.07) is 15.5. The summed E-state index contributed by atoms with van der Waals surface area (Å²) in [5, 5.41) is 1.22. The number of benzene rings is 2. The molecule has 3 aromatic rings. The van der Waals surface area contributed by atoms with Crippen molar-refractivity contribution in [2.45, 2.75) is 18.2 Å². The molecule has 1 aliphatic rings. The maximum Gasteiger partial charge on any atom is 0.243 e. The predicted molar refractivity (Wildman–Crippen MR) is 105 cm³/mol. The van der Waals surface area contributed by atoms with Gasteiger partial charge in [0.1, 0.15) is 0 Å². The van der Waals surface area contributed by atoms with Crippen LogP contribution in [0.4, 0.5) is 0 Å². The fourth-order valence-corrected chi connectivity index (χ4v) is 5.30. The first kappa shape index (κ1) is 17.1. The molecular formula is C21H22N2O2S. The van der Waals surface area contributed by atoms with Crippen LogP contribution >= 0.6 is 0 Å². The van der Waals surface area contributed by atoms with E-state index in [-0.39, 0.29) is 0 Å². The van der Waals surface area contributed by atoms with Gasteiger partial charge < -0.3 is 4.57 Å². The van der Waals surface area contributed by atoms with Crippen molar-refractivity contribution in [3.05, 3.63) is 71.9 Å². The lowest BCUT2D eigenvalue weighted by Crippen LogP contribution is -2.35. The zero-order valence-electron chi connectivity index (χ0n) is 15.0. The fraction of sp³-hybridized carbons (Fsp3) is 0.238. The highest BCUT2D eigenvalue weighted by Gasteiger charge is 2.28. The molecule has 2 aromatic carbocycles. The first-order valence-corrected chi connectivity index (χ1v) is 10.2. The monoisotopic (exact) mass is 366 g/mol. The van der Waals surface area contributed by atoms with Gasteiger partial charge in [-0.3, -0.25) is 0 Å². The van der Waals surface area contributed by atoms with Crippen LogP contribution < -0.4 is 0 Å². The number of fused-ring (bicyclic) bond motifs is 1. The molecule has 0 unspecified atom stereocenters. The molecule has 0 N–H and O–H groups in total. The highest BCUT2D eigenvalue weighted by atomic mass is 32.2. The second kappa shape index (κ2) is 6.41. The molecule has 5 heteroatoms. The smallest absolute Gasteiger partial charge is 0.243 e. The van der Waals surface area contributed by atoms with Crippen LogP contribution in [0.1, 0.15) is 17.5 Å². The second-order valence-electron chi connectivity index (χ2n) is 6.78. The number of nitrogens with zero attached hydrogens (tertiary/aromatic N) is 2. The number of sulfonamides is 1. The SMILES string of the molecule is Cc1ccccc1S(=O)(=O)N1CC=C(c2cn(C)c3ccccc23)CC1. The lowest BCUT2D eigenvalue weighted by molar-refractivity contribution is 0.441. The van der Waals surface area contributed by atoms with Crippen molar-refractivity contribution in [3.63, 3.8) is 0 Å². The molecule has 0 amide bonds. The van der Waals surface area contributed by atoms with Gasteiger partial charge in [0, 0.05) is 42.8 Å². The Morgan fingerprint density at radius 3 is 2.46 bits per heavy atom. The Hall–Kier alpha value is -2.37. The summed E-state index contributed by atoms with van der Waals surface area (Å²) in [5.74, 6) is 0. The lowest BCUT2D eigenvalue weighted by Gasteiger charge is -2.26. The van der Waals surface area contributed by atoms with Crippen molar-refractivity contribution in [2.24, 2.45) is 7.05 Å². The molecule has 0 atom stereocenters. The van der Waals surface area contributed by atoms with Crippen LogP contribution in [0, 0.1) is 6.92 Å². The zero-order valence-corrected chi connectivity index (χ0v) is 15.8. The quantitative estimate of drug-likeness (QED) is 0.704. The van der Waals surface area contributed by atoms with Gasteiger partial charge in [0.2, 0.25) is 10.0 Å². The molecule has 0 aliphatic carbocycles. The van der Waals surface area contributed by atoms with E-state index in [2.05, 4.69) is 29.0 Å². The number of hydrogen-bond acceptors (Lipinski definition) is 2. The van der Waals surface area contributed by atoms with E-state index in [0.29, 0.717) is 18.0 Å². The summed E-state index contributed by atoms with van der Waals surface area (Å²) in [7, 11) is -1.41. The van der Waals surface area contributed by atoms with E-state index in [1.165, 1.54) is 22.0 Å². The average molecular weight is 366 g/mol. The minimum Gasteiger partial charge on any atom is -0.350 e. The Balaban J connectivity index is 1.65. The minimum atomic E-state index is -3.45. The Bertz CT molecular complexity index is 1110. The van der Waals surface area contributed by atoms with Gasteiger partial charge in [0.15, 0.2) is 0 Å². The van der Waals surface area contributed by atoms with Crippen LogP contribution in [-0.4, -0.2) is 30.4 Å². The number of aromatic nitrogens is 1. The molecule has 2 heterocycles. The molecule has 4 nitrogen and oxygen atoms in total. The van der Waals surface area contributed by atoms with Crippen LogP contribution in [0.5, 0.6) is 0 Å². The largest absolute Gasteiger partial charge is 0.350 e. The molecule has 0 saturated carbocycles. The van der Waals surface area contributed by atoms with Crippen LogP contribution in [0.3, 0.4) is 0 Å². The first-order chi connectivity index (χ1) is 12.5. The van der Waals surface area contributed by atoms with Gasteiger partial charge in [-0.2, -0.15) is 4.31 Å². The van der Waals surface area contributed by atoms with Crippen LogP contribution in [0.2, 0.25) is 0 Å². The maximum absolute atomic E-state index is 13.0. The van der Waals surface area contributed by atoms with Crippen LogP contribution in [0.15, 0.2) is 65.7 Å². The molecule has 134 valence electrons. The van der Waals surface area contributed by atoms with Crippen molar-refractivity contribution in [1.29, 1.82) is 0 Å². The third kappa shape index (κ3) is 2.77. The van der Waals surface area contributed by atoms with E-state index in [1.54, 1.807) is 16.4 Å². The van der Waals surface area contributed by atoms with Gasteiger partial charge in [-0.25, -0.2) is 8.42 Å². The number of para-hydroxylation sites is 1. The Kier molecular flexibility index (Phi) is 4.21. The summed E-state index contributed by atoms with van der Waals surface area (Å²) < 4.78 is 29.6. The van der Waals surface area contributed by atoms with Gasteiger partial charge in [-0.1, -0.05) is 42.5 Å². The molecule has 0 radical (unpaired) electrons. The molecule has 0 saturated heterocycles. The van der Waals surface area contributed by atoms with Crippen LogP contribution in [-0.2, 0) is 17.1 Å². The summed E-state index contributed by atoms with van der Waals surface area (Å²) >= 11 is 0. The molecular weight excluding hydrogens is 344 g/mol. The zero-order chi connectivity index (χ0) is 18.3. The van der Waals surface area contributed by atoms with Gasteiger partial charge in [0.05, 0.1) is 4.90 Å². The van der Waals surface area contributed by atoms with Crippen molar-refractivity contribution in [2.75, 3.05) is 13.1 Å². The van der Waals surface area contributed by atoms with Gasteiger partial charge in [-0.05, 0) is 36.6 Å². The third-order valence-electron chi connectivity index (χ3n) is 5.13. The molecule has 0 bridgehead atoms. The Morgan fingerprint density at radius 2 is 1.73 bits per heavy atom. The molecule has 26 heavy (non-hydrogen) atoms. The minimum absolute atomic E-state index is 0.405. The van der Waals surface area contributed by atoms with E-state index >= 15 is 0 Å². The third-order valence-corrected chi connectivity index (χ3v) is 7.15. The highest BCUT2D eigenvalue weighted by molar-refractivity contribution is 7.89. The predicted octanol–water partition coefficient (Wildman–Crippen LogP) is 3.96. The number of rotatable bonds is 3. The number of hydrogen-bond donors (Lipinski definition) is 0. The van der Waals surface area contributed by atoms with Crippen molar-refractivity contribution in [1.82, 2.24) is 8.87 Å². The lowest BCUT2D eigenvalue weighted by atomic mass is 10.00. The van der Waals surface area contributed by atoms with E-state index < -0.39 is 10.0 Å². The van der Waals surface area contributed by atoms with E-state index in [0.717, 1.165) is 12.0 Å². The van der Waals surface area contributed by atoms with E-state index in [9.17, 15) is 8.42 Å². The Labute approximate surface area is 154 Å². The van der Waals surface area contributed by atoms with Crippen molar-refractivity contribution in [3.8, 4) is 0 Å². The topological polar surface area (TPSA) is 42.3 Å². The molecule has 0 fully saturated rings. The molecule has 4 rings (SSSR count). The van der Waals surface area contributed by atoms with Crippen molar-refractivity contribution >= 4 is 26.5 Å². The van der Waals surface area contributed by atoms with Gasteiger partial charge in [-0.15, -0.1) is 0 Å². The molecule has 1 aliphatic heterocycles. The normalized spacial score (nSPS) is 16.0. The van der Waals surface area contributed by atoms with Gasteiger partial charge >= 0.3 is 0 Å². The highest BCUT2D eigenvalue weighted by Crippen LogP contribution is 2.32. The van der Waals surface area contributed by atoms with Crippen LogP contribution in [0.25, 0.3) is 16.5 Å². The summed E-state index contributed by atoms with van der Waals surface area (Å²) in [4.78, 5) is 0.405. The van der Waals surface area contributed by atoms with E-state index in [4.69, 9.17) is 0 Å².